The number of benzene rings is 1. The molecule has 5 heteroatoms. The Balaban J connectivity index is 2.06. The van der Waals surface area contributed by atoms with E-state index >= 15 is 0 Å². The number of halogens is 1. The van der Waals surface area contributed by atoms with Crippen LogP contribution in [-0.4, -0.2) is 27.6 Å². The summed E-state index contributed by atoms with van der Waals surface area (Å²) in [6.45, 7) is 2.12. The Kier molecular flexibility index (Phi) is 2.70. The van der Waals surface area contributed by atoms with Gasteiger partial charge in [0.1, 0.15) is 5.52 Å². The standard InChI is InChI=1S/C14H13IN4/c15-9-1-2-12-11(5-9)14-13(7-17-12)18-8-19(14)10-3-4-16-6-10/h1-2,5,7-8,10,16H,3-4,6H2/t10-/m0/s1. The highest BCUT2D eigenvalue weighted by Crippen LogP contribution is 2.28. The molecule has 0 bridgehead atoms. The number of aromatic nitrogens is 3. The minimum absolute atomic E-state index is 0.508. The third-order valence-corrected chi connectivity index (χ3v) is 4.46. The SMILES string of the molecule is Ic1ccc2ncc3ncn([C@H]4CCNC4)c3c2c1. The van der Waals surface area contributed by atoms with Crippen LogP contribution in [0.5, 0.6) is 0 Å². The van der Waals surface area contributed by atoms with Gasteiger partial charge >= 0.3 is 0 Å². The van der Waals surface area contributed by atoms with Crippen molar-refractivity contribution in [1.29, 1.82) is 0 Å². The third kappa shape index (κ3) is 1.83. The number of pyridine rings is 1. The molecule has 0 spiro atoms. The summed E-state index contributed by atoms with van der Waals surface area (Å²) < 4.78 is 3.55. The summed E-state index contributed by atoms with van der Waals surface area (Å²) in [7, 11) is 0. The lowest BCUT2D eigenvalue weighted by molar-refractivity contribution is 0.562. The average Bonchev–Trinajstić information content (AvgIpc) is 3.07. The van der Waals surface area contributed by atoms with Crippen LogP contribution in [0.3, 0.4) is 0 Å². The molecular formula is C14H13IN4. The molecule has 1 aromatic carbocycles. The molecule has 0 unspecified atom stereocenters. The lowest BCUT2D eigenvalue weighted by atomic mass is 10.1. The van der Waals surface area contributed by atoms with Crippen LogP contribution in [0, 0.1) is 3.57 Å². The number of fused-ring (bicyclic) bond motifs is 3. The second kappa shape index (κ2) is 4.42. The van der Waals surface area contributed by atoms with Crippen LogP contribution < -0.4 is 5.32 Å². The van der Waals surface area contributed by atoms with E-state index in [4.69, 9.17) is 0 Å². The molecule has 1 fully saturated rings. The molecule has 1 N–H and O–H groups in total. The van der Waals surface area contributed by atoms with Crippen molar-refractivity contribution in [1.82, 2.24) is 19.9 Å². The summed E-state index contributed by atoms with van der Waals surface area (Å²) in [5.41, 5.74) is 3.25. The van der Waals surface area contributed by atoms with Crippen molar-refractivity contribution in [2.45, 2.75) is 12.5 Å². The number of rotatable bonds is 1. The molecule has 1 atom stereocenters. The maximum atomic E-state index is 4.51. The molecule has 2 aromatic heterocycles. The lowest BCUT2D eigenvalue weighted by Gasteiger charge is -2.12. The molecule has 0 saturated carbocycles. The van der Waals surface area contributed by atoms with Crippen molar-refractivity contribution in [2.75, 3.05) is 13.1 Å². The van der Waals surface area contributed by atoms with E-state index in [-0.39, 0.29) is 0 Å². The number of nitrogens with zero attached hydrogens (tertiary/aromatic N) is 3. The van der Waals surface area contributed by atoms with E-state index in [1.807, 2.05) is 12.5 Å². The van der Waals surface area contributed by atoms with Gasteiger partial charge in [-0.1, -0.05) is 0 Å². The summed E-state index contributed by atoms with van der Waals surface area (Å²) in [5.74, 6) is 0. The van der Waals surface area contributed by atoms with Gasteiger partial charge in [0.25, 0.3) is 0 Å². The molecule has 4 nitrogen and oxygen atoms in total. The molecule has 19 heavy (non-hydrogen) atoms. The van der Waals surface area contributed by atoms with Gasteiger partial charge in [0.15, 0.2) is 0 Å². The van der Waals surface area contributed by atoms with Gasteiger partial charge < -0.3 is 9.88 Å². The Bertz CT molecular complexity index is 759. The highest BCUT2D eigenvalue weighted by atomic mass is 127. The van der Waals surface area contributed by atoms with E-state index in [1.54, 1.807) is 0 Å². The zero-order valence-corrected chi connectivity index (χ0v) is 12.5. The van der Waals surface area contributed by atoms with E-state index in [2.05, 4.69) is 60.6 Å². The van der Waals surface area contributed by atoms with Gasteiger partial charge in [-0.05, 0) is 53.8 Å². The second-order valence-electron chi connectivity index (χ2n) is 4.95. The van der Waals surface area contributed by atoms with E-state index < -0.39 is 0 Å². The minimum Gasteiger partial charge on any atom is -0.326 e. The smallest absolute Gasteiger partial charge is 0.107 e. The minimum atomic E-state index is 0.508. The lowest BCUT2D eigenvalue weighted by Crippen LogP contribution is -2.12. The first-order valence-electron chi connectivity index (χ1n) is 6.44. The largest absolute Gasteiger partial charge is 0.326 e. The van der Waals surface area contributed by atoms with Gasteiger partial charge in [0.2, 0.25) is 0 Å². The number of imidazole rings is 1. The zero-order valence-electron chi connectivity index (χ0n) is 10.3. The Labute approximate surface area is 124 Å². The Hall–Kier alpha value is -1.21. The molecule has 0 radical (unpaired) electrons. The topological polar surface area (TPSA) is 42.7 Å². The first-order valence-corrected chi connectivity index (χ1v) is 7.52. The van der Waals surface area contributed by atoms with Crippen LogP contribution in [0.25, 0.3) is 21.9 Å². The van der Waals surface area contributed by atoms with Crippen molar-refractivity contribution in [2.24, 2.45) is 0 Å². The van der Waals surface area contributed by atoms with Crippen LogP contribution in [0.2, 0.25) is 0 Å². The highest BCUT2D eigenvalue weighted by molar-refractivity contribution is 14.1. The van der Waals surface area contributed by atoms with E-state index in [0.29, 0.717) is 6.04 Å². The Morgan fingerprint density at radius 3 is 3.05 bits per heavy atom. The summed E-state index contributed by atoms with van der Waals surface area (Å²) in [5, 5.41) is 4.62. The fourth-order valence-corrected chi connectivity index (χ4v) is 3.33. The zero-order chi connectivity index (χ0) is 12.8. The van der Waals surface area contributed by atoms with Crippen molar-refractivity contribution < 1.29 is 0 Å². The molecule has 0 amide bonds. The molecule has 3 heterocycles. The molecular weight excluding hydrogens is 351 g/mol. The highest BCUT2D eigenvalue weighted by Gasteiger charge is 2.19. The average molecular weight is 364 g/mol. The van der Waals surface area contributed by atoms with E-state index in [0.717, 1.165) is 24.1 Å². The molecule has 1 aliphatic rings. The van der Waals surface area contributed by atoms with Gasteiger partial charge in [0, 0.05) is 21.5 Å². The van der Waals surface area contributed by atoms with Crippen LogP contribution in [0.15, 0.2) is 30.7 Å². The predicted molar refractivity (Wildman–Crippen MR) is 84.3 cm³/mol. The van der Waals surface area contributed by atoms with Gasteiger partial charge in [-0.25, -0.2) is 4.98 Å². The fraction of sp³-hybridized carbons (Fsp3) is 0.286. The van der Waals surface area contributed by atoms with Crippen molar-refractivity contribution in [3.63, 3.8) is 0 Å². The summed E-state index contributed by atoms with van der Waals surface area (Å²) in [4.78, 5) is 9.01. The molecule has 1 aliphatic heterocycles. The number of hydrogen-bond donors (Lipinski definition) is 1. The van der Waals surface area contributed by atoms with E-state index in [1.165, 1.54) is 20.9 Å². The molecule has 0 aliphatic carbocycles. The van der Waals surface area contributed by atoms with Crippen LogP contribution >= 0.6 is 22.6 Å². The van der Waals surface area contributed by atoms with Gasteiger partial charge in [-0.15, -0.1) is 0 Å². The van der Waals surface area contributed by atoms with Crippen molar-refractivity contribution in [3.8, 4) is 0 Å². The van der Waals surface area contributed by atoms with Gasteiger partial charge in [-0.3, -0.25) is 4.98 Å². The normalized spacial score (nSPS) is 19.5. The first kappa shape index (κ1) is 11.6. The fourth-order valence-electron chi connectivity index (χ4n) is 2.84. The van der Waals surface area contributed by atoms with E-state index in [9.17, 15) is 0 Å². The molecule has 3 aromatic rings. The van der Waals surface area contributed by atoms with Crippen LogP contribution in [0.4, 0.5) is 0 Å². The van der Waals surface area contributed by atoms with Gasteiger partial charge in [0.05, 0.1) is 23.6 Å². The first-order chi connectivity index (χ1) is 9.33. The summed E-state index contributed by atoms with van der Waals surface area (Å²) in [6.07, 6.45) is 5.01. The maximum Gasteiger partial charge on any atom is 0.107 e. The quantitative estimate of drug-likeness (QED) is 0.676. The molecule has 4 rings (SSSR count). The van der Waals surface area contributed by atoms with Crippen LogP contribution in [-0.2, 0) is 0 Å². The Morgan fingerprint density at radius 2 is 2.21 bits per heavy atom. The van der Waals surface area contributed by atoms with Crippen LogP contribution in [0.1, 0.15) is 12.5 Å². The summed E-state index contributed by atoms with van der Waals surface area (Å²) in [6, 6.07) is 6.89. The number of nitrogens with one attached hydrogen (secondary N) is 1. The van der Waals surface area contributed by atoms with Crippen molar-refractivity contribution >= 4 is 44.5 Å². The van der Waals surface area contributed by atoms with Crippen molar-refractivity contribution in [3.05, 3.63) is 34.3 Å². The predicted octanol–water partition coefficient (Wildman–Crippen LogP) is 2.72. The summed E-state index contributed by atoms with van der Waals surface area (Å²) >= 11 is 2.35. The monoisotopic (exact) mass is 364 g/mol. The number of hydrogen-bond acceptors (Lipinski definition) is 3. The maximum absolute atomic E-state index is 4.51. The Morgan fingerprint density at radius 1 is 1.26 bits per heavy atom. The molecule has 96 valence electrons. The molecule has 1 saturated heterocycles. The third-order valence-electron chi connectivity index (χ3n) is 3.79. The van der Waals surface area contributed by atoms with Gasteiger partial charge in [-0.2, -0.15) is 0 Å². The second-order valence-corrected chi connectivity index (χ2v) is 6.20.